The number of carbonyl (C=O) groups excluding carboxylic acids is 1. The highest BCUT2D eigenvalue weighted by atomic mass is 79.9. The molecule has 2 rings (SSSR count). The van der Waals surface area contributed by atoms with Gasteiger partial charge in [0.15, 0.2) is 0 Å². The fourth-order valence-corrected chi connectivity index (χ4v) is 2.77. The minimum absolute atomic E-state index is 0.0275. The molecule has 1 amide bonds. The number of hydrogen-bond acceptors (Lipinski definition) is 3. The van der Waals surface area contributed by atoms with Crippen LogP contribution < -0.4 is 5.73 Å². The largest absolute Gasteiger partial charge is 0.409 e. The Hall–Kier alpha value is -1.27. The molecule has 3 N–H and O–H groups in total. The number of halogens is 2. The van der Waals surface area contributed by atoms with E-state index in [0.717, 1.165) is 0 Å². The van der Waals surface area contributed by atoms with Gasteiger partial charge in [-0.1, -0.05) is 16.8 Å². The minimum atomic E-state index is -0.0275. The summed E-state index contributed by atoms with van der Waals surface area (Å²) in [6, 6.07) is 5.13. The van der Waals surface area contributed by atoms with Crippen LogP contribution in [0.2, 0.25) is 5.02 Å². The second-order valence-corrected chi connectivity index (χ2v) is 5.98. The van der Waals surface area contributed by atoms with Crippen LogP contribution >= 0.6 is 27.5 Å². The minimum Gasteiger partial charge on any atom is -0.409 e. The van der Waals surface area contributed by atoms with Crippen molar-refractivity contribution in [2.45, 2.75) is 12.8 Å². The van der Waals surface area contributed by atoms with E-state index in [2.05, 4.69) is 21.1 Å². The number of benzene rings is 1. The second-order valence-electron chi connectivity index (χ2n) is 4.72. The summed E-state index contributed by atoms with van der Waals surface area (Å²) in [6.07, 6.45) is 1.41. The molecule has 0 spiro atoms. The third kappa shape index (κ3) is 3.24. The first kappa shape index (κ1) is 15.1. The Labute approximate surface area is 130 Å². The monoisotopic (exact) mass is 359 g/mol. The summed E-state index contributed by atoms with van der Waals surface area (Å²) in [7, 11) is 0. The molecule has 5 nitrogen and oxygen atoms in total. The van der Waals surface area contributed by atoms with Gasteiger partial charge in [-0.05, 0) is 47.0 Å². The quantitative estimate of drug-likeness (QED) is 0.368. The fraction of sp³-hybridized carbons (Fsp3) is 0.385. The van der Waals surface area contributed by atoms with Crippen LogP contribution in [-0.4, -0.2) is 34.9 Å². The predicted octanol–water partition coefficient (Wildman–Crippen LogP) is 2.70. The normalized spacial score (nSPS) is 17.3. The summed E-state index contributed by atoms with van der Waals surface area (Å²) in [4.78, 5) is 14.1. The van der Waals surface area contributed by atoms with Crippen LogP contribution in [0.1, 0.15) is 23.2 Å². The number of likely N-dealkylation sites (tertiary alicyclic amines) is 1. The number of oxime groups is 1. The van der Waals surface area contributed by atoms with Gasteiger partial charge in [0.05, 0.1) is 5.02 Å². The smallest absolute Gasteiger partial charge is 0.253 e. The summed E-state index contributed by atoms with van der Waals surface area (Å²) in [5.74, 6) is 0.257. The van der Waals surface area contributed by atoms with Gasteiger partial charge in [0.1, 0.15) is 5.84 Å². The molecule has 7 heteroatoms. The van der Waals surface area contributed by atoms with Crippen molar-refractivity contribution < 1.29 is 10.0 Å². The summed E-state index contributed by atoms with van der Waals surface area (Å²) in [5.41, 5.74) is 6.19. The first-order valence-corrected chi connectivity index (χ1v) is 7.41. The van der Waals surface area contributed by atoms with Crippen molar-refractivity contribution in [2.75, 3.05) is 13.1 Å². The van der Waals surface area contributed by atoms with E-state index in [1.54, 1.807) is 23.1 Å². The average molecular weight is 361 g/mol. The van der Waals surface area contributed by atoms with E-state index in [0.29, 0.717) is 41.0 Å². The lowest BCUT2D eigenvalue weighted by Crippen LogP contribution is -2.41. The predicted molar refractivity (Wildman–Crippen MR) is 81.2 cm³/mol. The summed E-state index contributed by atoms with van der Waals surface area (Å²) >= 11 is 9.23. The molecule has 0 bridgehead atoms. The number of nitrogens with zero attached hydrogens (tertiary/aromatic N) is 2. The van der Waals surface area contributed by atoms with Crippen LogP contribution in [0.5, 0.6) is 0 Å². The van der Waals surface area contributed by atoms with Gasteiger partial charge >= 0.3 is 0 Å². The molecule has 1 aromatic carbocycles. The lowest BCUT2D eigenvalue weighted by Gasteiger charge is -2.31. The van der Waals surface area contributed by atoms with E-state index >= 15 is 0 Å². The number of piperidine rings is 1. The molecule has 0 radical (unpaired) electrons. The molecule has 1 aliphatic rings. The zero-order chi connectivity index (χ0) is 14.7. The maximum atomic E-state index is 12.4. The van der Waals surface area contributed by atoms with Crippen molar-refractivity contribution in [1.82, 2.24) is 4.90 Å². The number of carbonyl (C=O) groups is 1. The molecule has 1 saturated heterocycles. The molecular weight excluding hydrogens is 346 g/mol. The molecule has 108 valence electrons. The SMILES string of the molecule is N/C(=N/O)C1CCN(C(=O)c2ccc(Cl)c(Br)c2)CC1. The van der Waals surface area contributed by atoms with E-state index < -0.39 is 0 Å². The number of rotatable bonds is 2. The zero-order valence-electron chi connectivity index (χ0n) is 10.7. The van der Waals surface area contributed by atoms with E-state index in [9.17, 15) is 4.79 Å². The summed E-state index contributed by atoms with van der Waals surface area (Å²) < 4.78 is 0.705. The molecule has 1 aliphatic heterocycles. The third-order valence-electron chi connectivity index (χ3n) is 3.48. The van der Waals surface area contributed by atoms with Crippen molar-refractivity contribution in [3.8, 4) is 0 Å². The van der Waals surface area contributed by atoms with Crippen molar-refractivity contribution >= 4 is 39.3 Å². The summed E-state index contributed by atoms with van der Waals surface area (Å²) in [6.45, 7) is 1.19. The molecule has 0 atom stereocenters. The Bertz CT molecular complexity index is 542. The van der Waals surface area contributed by atoms with Gasteiger partial charge in [-0.2, -0.15) is 0 Å². The standard InChI is InChI=1S/C13H15BrClN3O2/c14-10-7-9(1-2-11(10)15)13(19)18-5-3-8(4-6-18)12(16)17-20/h1-2,7-8,20H,3-6H2,(H2,16,17). The maximum absolute atomic E-state index is 12.4. The molecule has 0 aromatic heterocycles. The topological polar surface area (TPSA) is 78.9 Å². The average Bonchev–Trinajstić information content (AvgIpc) is 2.48. The molecule has 20 heavy (non-hydrogen) atoms. The van der Waals surface area contributed by atoms with Crippen molar-refractivity contribution in [3.63, 3.8) is 0 Å². The highest BCUT2D eigenvalue weighted by molar-refractivity contribution is 9.10. The number of nitrogens with two attached hydrogens (primary N) is 1. The molecule has 0 aliphatic carbocycles. The molecule has 1 fully saturated rings. The Morgan fingerprint density at radius 2 is 2.10 bits per heavy atom. The van der Waals surface area contributed by atoms with Gasteiger partial charge < -0.3 is 15.8 Å². The van der Waals surface area contributed by atoms with Gasteiger partial charge in [-0.3, -0.25) is 4.79 Å². The lowest BCUT2D eigenvalue weighted by atomic mass is 9.95. The van der Waals surface area contributed by atoms with E-state index in [1.807, 2.05) is 0 Å². The van der Waals surface area contributed by atoms with Crippen LogP contribution in [0.15, 0.2) is 27.8 Å². The molecule has 0 saturated carbocycles. The number of amides is 1. The highest BCUT2D eigenvalue weighted by Crippen LogP contribution is 2.25. The van der Waals surface area contributed by atoms with Gasteiger partial charge in [-0.25, -0.2) is 0 Å². The first-order chi connectivity index (χ1) is 9.52. The second kappa shape index (κ2) is 6.45. The van der Waals surface area contributed by atoms with E-state index in [4.69, 9.17) is 22.5 Å². The van der Waals surface area contributed by atoms with Gasteiger partial charge in [-0.15, -0.1) is 0 Å². The van der Waals surface area contributed by atoms with Crippen LogP contribution in [0.3, 0.4) is 0 Å². The maximum Gasteiger partial charge on any atom is 0.253 e. The lowest BCUT2D eigenvalue weighted by molar-refractivity contribution is 0.0709. The first-order valence-electron chi connectivity index (χ1n) is 6.24. The Kier molecular flexibility index (Phi) is 4.88. The van der Waals surface area contributed by atoms with E-state index in [-0.39, 0.29) is 17.7 Å². The van der Waals surface area contributed by atoms with Crippen LogP contribution in [0, 0.1) is 5.92 Å². The van der Waals surface area contributed by atoms with Gasteiger partial charge in [0.2, 0.25) is 0 Å². The molecule has 1 aromatic rings. The molecule has 0 unspecified atom stereocenters. The van der Waals surface area contributed by atoms with Gasteiger partial charge in [0.25, 0.3) is 5.91 Å². The summed E-state index contributed by atoms with van der Waals surface area (Å²) in [5, 5.41) is 12.3. The highest BCUT2D eigenvalue weighted by Gasteiger charge is 2.26. The van der Waals surface area contributed by atoms with Crippen molar-refractivity contribution in [1.29, 1.82) is 0 Å². The third-order valence-corrected chi connectivity index (χ3v) is 4.70. The molecule has 1 heterocycles. The van der Waals surface area contributed by atoms with Gasteiger partial charge in [0, 0.05) is 29.0 Å². The van der Waals surface area contributed by atoms with E-state index in [1.165, 1.54) is 0 Å². The number of hydrogen-bond donors (Lipinski definition) is 2. The van der Waals surface area contributed by atoms with Crippen LogP contribution in [-0.2, 0) is 0 Å². The fourth-order valence-electron chi connectivity index (χ4n) is 2.27. The Morgan fingerprint density at radius 3 is 2.65 bits per heavy atom. The zero-order valence-corrected chi connectivity index (χ0v) is 13.1. The van der Waals surface area contributed by atoms with Crippen LogP contribution in [0.4, 0.5) is 0 Å². The Balaban J connectivity index is 2.03. The molecular formula is C13H15BrClN3O2. The van der Waals surface area contributed by atoms with Crippen molar-refractivity contribution in [3.05, 3.63) is 33.3 Å². The Morgan fingerprint density at radius 1 is 1.45 bits per heavy atom. The van der Waals surface area contributed by atoms with Crippen LogP contribution in [0.25, 0.3) is 0 Å². The number of amidine groups is 1. The van der Waals surface area contributed by atoms with Crippen molar-refractivity contribution in [2.24, 2.45) is 16.8 Å².